The van der Waals surface area contributed by atoms with Gasteiger partial charge in [-0.25, -0.2) is 4.98 Å². The molecule has 0 spiro atoms. The van der Waals surface area contributed by atoms with Gasteiger partial charge in [0.15, 0.2) is 0 Å². The van der Waals surface area contributed by atoms with Crippen LogP contribution in [0.1, 0.15) is 16.8 Å². The number of hydrogen-bond acceptors (Lipinski definition) is 1. The van der Waals surface area contributed by atoms with Crippen LogP contribution in [0.5, 0.6) is 0 Å². The number of rotatable bonds is 3. The van der Waals surface area contributed by atoms with Crippen molar-refractivity contribution in [3.05, 3.63) is 113 Å². The van der Waals surface area contributed by atoms with E-state index >= 15 is 0 Å². The van der Waals surface area contributed by atoms with Gasteiger partial charge < -0.3 is 0 Å². The third-order valence-corrected chi connectivity index (χ3v) is 4.45. The first kappa shape index (κ1) is 15.6. The van der Waals surface area contributed by atoms with E-state index in [4.69, 9.17) is 16.6 Å². The van der Waals surface area contributed by atoms with Crippen LogP contribution in [-0.2, 0) is 0 Å². The van der Waals surface area contributed by atoms with Crippen LogP contribution in [0.25, 0.3) is 22.6 Å². The molecule has 120 valence electrons. The minimum absolute atomic E-state index is 0.718. The molecule has 0 unspecified atom stereocenters. The van der Waals surface area contributed by atoms with E-state index in [2.05, 4.69) is 30.3 Å². The smallest absolute Gasteiger partial charge is 0.0730 e. The number of benzene rings is 3. The highest BCUT2D eigenvalue weighted by atomic mass is 35.5. The summed E-state index contributed by atoms with van der Waals surface area (Å²) in [5.74, 6) is 0. The fourth-order valence-electron chi connectivity index (χ4n) is 2.91. The van der Waals surface area contributed by atoms with Crippen molar-refractivity contribution in [3.63, 3.8) is 0 Å². The second-order valence-electron chi connectivity index (χ2n) is 5.84. The van der Waals surface area contributed by atoms with Gasteiger partial charge in [-0.3, -0.25) is 0 Å². The van der Waals surface area contributed by atoms with E-state index in [0.717, 1.165) is 38.3 Å². The molecule has 0 aliphatic carbocycles. The number of halogens is 1. The number of para-hydroxylation sites is 1. The van der Waals surface area contributed by atoms with Crippen LogP contribution in [0.2, 0.25) is 5.02 Å². The van der Waals surface area contributed by atoms with Crippen molar-refractivity contribution in [2.75, 3.05) is 0 Å². The van der Waals surface area contributed by atoms with Gasteiger partial charge in [-0.05, 0) is 29.3 Å². The Balaban J connectivity index is 1.94. The van der Waals surface area contributed by atoms with E-state index in [1.807, 2.05) is 66.7 Å². The van der Waals surface area contributed by atoms with E-state index in [9.17, 15) is 0 Å². The minimum atomic E-state index is 0.718. The van der Waals surface area contributed by atoms with Gasteiger partial charge >= 0.3 is 0 Å². The fraction of sp³-hybridized carbons (Fsp3) is 0. The van der Waals surface area contributed by atoms with Crippen molar-refractivity contribution in [1.29, 1.82) is 0 Å². The van der Waals surface area contributed by atoms with Crippen molar-refractivity contribution in [3.8, 4) is 0 Å². The van der Waals surface area contributed by atoms with Gasteiger partial charge in [-0.1, -0.05) is 90.5 Å². The highest BCUT2D eigenvalue weighted by Gasteiger charge is 2.10. The molecular weight excluding hydrogens is 326 g/mol. The standard InChI is InChI=1S/C23H16ClN/c24-21-16-23(25-22-14-8-7-13-19(21)22)20(18-11-5-2-6-12-18)15-17-9-3-1-4-10-17/h1-16H/b20-15+. The summed E-state index contributed by atoms with van der Waals surface area (Å²) in [5, 5.41) is 1.69. The Morgan fingerprint density at radius 1 is 0.760 bits per heavy atom. The maximum absolute atomic E-state index is 6.53. The van der Waals surface area contributed by atoms with Crippen molar-refractivity contribution in [2.24, 2.45) is 0 Å². The summed E-state index contributed by atoms with van der Waals surface area (Å²) in [5.41, 5.74) is 5.08. The normalized spacial score (nSPS) is 11.6. The van der Waals surface area contributed by atoms with Crippen LogP contribution < -0.4 is 0 Å². The van der Waals surface area contributed by atoms with Crippen LogP contribution in [-0.4, -0.2) is 4.98 Å². The maximum Gasteiger partial charge on any atom is 0.0730 e. The summed E-state index contributed by atoms with van der Waals surface area (Å²) in [7, 11) is 0. The first-order chi connectivity index (χ1) is 12.3. The number of aromatic nitrogens is 1. The first-order valence-corrected chi connectivity index (χ1v) is 8.57. The molecule has 0 radical (unpaired) electrons. The lowest BCUT2D eigenvalue weighted by molar-refractivity contribution is 1.34. The Hall–Kier alpha value is -2.90. The Labute approximate surface area is 152 Å². The van der Waals surface area contributed by atoms with Crippen molar-refractivity contribution in [2.45, 2.75) is 0 Å². The maximum atomic E-state index is 6.53. The number of nitrogens with zero attached hydrogens (tertiary/aromatic N) is 1. The summed E-state index contributed by atoms with van der Waals surface area (Å²) in [6.07, 6.45) is 2.16. The van der Waals surface area contributed by atoms with Gasteiger partial charge in [-0.2, -0.15) is 0 Å². The third-order valence-electron chi connectivity index (χ3n) is 4.14. The summed E-state index contributed by atoms with van der Waals surface area (Å²) in [6, 6.07) is 30.5. The number of hydrogen-bond donors (Lipinski definition) is 0. The van der Waals surface area contributed by atoms with Gasteiger partial charge in [0, 0.05) is 11.0 Å². The zero-order chi connectivity index (χ0) is 17.1. The second kappa shape index (κ2) is 6.92. The Morgan fingerprint density at radius 3 is 2.16 bits per heavy atom. The average Bonchev–Trinajstić information content (AvgIpc) is 2.67. The Morgan fingerprint density at radius 2 is 1.40 bits per heavy atom. The lowest BCUT2D eigenvalue weighted by Gasteiger charge is -2.10. The molecular formula is C23H16ClN. The predicted octanol–water partition coefficient (Wildman–Crippen LogP) is 6.48. The Bertz CT molecular complexity index is 1040. The largest absolute Gasteiger partial charge is 0.248 e. The van der Waals surface area contributed by atoms with Gasteiger partial charge in [0.2, 0.25) is 0 Å². The van der Waals surface area contributed by atoms with E-state index in [-0.39, 0.29) is 0 Å². The lowest BCUT2D eigenvalue weighted by Crippen LogP contribution is -1.94. The minimum Gasteiger partial charge on any atom is -0.248 e. The van der Waals surface area contributed by atoms with Crippen LogP contribution in [0.4, 0.5) is 0 Å². The average molecular weight is 342 g/mol. The quantitative estimate of drug-likeness (QED) is 0.389. The summed E-state index contributed by atoms with van der Waals surface area (Å²) < 4.78 is 0. The van der Waals surface area contributed by atoms with Crippen LogP contribution in [0.15, 0.2) is 91.0 Å². The van der Waals surface area contributed by atoms with E-state index in [1.165, 1.54) is 0 Å². The molecule has 25 heavy (non-hydrogen) atoms. The molecule has 0 saturated heterocycles. The predicted molar refractivity (Wildman–Crippen MR) is 107 cm³/mol. The van der Waals surface area contributed by atoms with E-state index < -0.39 is 0 Å². The molecule has 0 amide bonds. The van der Waals surface area contributed by atoms with Crippen LogP contribution >= 0.6 is 11.6 Å². The van der Waals surface area contributed by atoms with Gasteiger partial charge in [0.25, 0.3) is 0 Å². The zero-order valence-corrected chi connectivity index (χ0v) is 14.3. The fourth-order valence-corrected chi connectivity index (χ4v) is 3.17. The monoisotopic (exact) mass is 341 g/mol. The first-order valence-electron chi connectivity index (χ1n) is 8.19. The molecule has 0 aliphatic rings. The van der Waals surface area contributed by atoms with Crippen LogP contribution in [0.3, 0.4) is 0 Å². The molecule has 1 heterocycles. The van der Waals surface area contributed by atoms with Gasteiger partial charge in [0.05, 0.1) is 16.2 Å². The van der Waals surface area contributed by atoms with Crippen molar-refractivity contribution in [1.82, 2.24) is 4.98 Å². The van der Waals surface area contributed by atoms with Crippen molar-refractivity contribution >= 4 is 34.2 Å². The highest BCUT2D eigenvalue weighted by Crippen LogP contribution is 2.30. The number of pyridine rings is 1. The molecule has 1 nitrogen and oxygen atoms in total. The number of fused-ring (bicyclic) bond motifs is 1. The molecule has 0 bridgehead atoms. The second-order valence-corrected chi connectivity index (χ2v) is 6.25. The van der Waals surface area contributed by atoms with E-state index in [1.54, 1.807) is 0 Å². The topological polar surface area (TPSA) is 12.9 Å². The molecule has 3 aromatic carbocycles. The Kier molecular flexibility index (Phi) is 4.32. The molecule has 4 rings (SSSR count). The molecule has 0 N–H and O–H groups in total. The van der Waals surface area contributed by atoms with Gasteiger partial charge in [0.1, 0.15) is 0 Å². The lowest BCUT2D eigenvalue weighted by atomic mass is 9.98. The SMILES string of the molecule is Clc1cc(/C(=C/c2ccccc2)c2ccccc2)nc2ccccc12. The summed E-state index contributed by atoms with van der Waals surface area (Å²) in [4.78, 5) is 4.86. The zero-order valence-electron chi connectivity index (χ0n) is 13.6. The van der Waals surface area contributed by atoms with Crippen LogP contribution in [0, 0.1) is 0 Å². The molecule has 0 atom stereocenters. The van der Waals surface area contributed by atoms with E-state index in [0.29, 0.717) is 0 Å². The molecule has 0 fully saturated rings. The summed E-state index contributed by atoms with van der Waals surface area (Å²) >= 11 is 6.53. The van der Waals surface area contributed by atoms with Crippen molar-refractivity contribution < 1.29 is 0 Å². The molecule has 1 aromatic heterocycles. The highest BCUT2D eigenvalue weighted by molar-refractivity contribution is 6.35. The molecule has 2 heteroatoms. The molecule has 0 aliphatic heterocycles. The molecule has 0 saturated carbocycles. The van der Waals surface area contributed by atoms with Gasteiger partial charge in [-0.15, -0.1) is 0 Å². The third kappa shape index (κ3) is 3.33. The molecule has 4 aromatic rings. The summed E-state index contributed by atoms with van der Waals surface area (Å²) in [6.45, 7) is 0.